The summed E-state index contributed by atoms with van der Waals surface area (Å²) in [6, 6.07) is 27.7. The molecule has 0 saturated carbocycles. The van der Waals surface area contributed by atoms with E-state index in [1.807, 2.05) is 73.7 Å². The van der Waals surface area contributed by atoms with Gasteiger partial charge in [-0.05, 0) is 65.9 Å². The molecular weight excluding hydrogens is 555 g/mol. The summed E-state index contributed by atoms with van der Waals surface area (Å²) in [4.78, 5) is 20.6. The first-order valence-corrected chi connectivity index (χ1v) is 15.6. The van der Waals surface area contributed by atoms with Gasteiger partial charge in [-0.2, -0.15) is 4.31 Å². The Kier molecular flexibility index (Phi) is 7.33. The van der Waals surface area contributed by atoms with E-state index < -0.39 is 10.0 Å². The lowest BCUT2D eigenvalue weighted by molar-refractivity contribution is 0.0985. The van der Waals surface area contributed by atoms with Gasteiger partial charge in [0.25, 0.3) is 5.91 Å². The number of hydrogen-bond donors (Lipinski definition) is 0. The number of ether oxygens (including phenoxy) is 1. The average Bonchev–Trinajstić information content (AvgIpc) is 3.46. The van der Waals surface area contributed by atoms with E-state index >= 15 is 0 Å². The third kappa shape index (κ3) is 5.24. The molecule has 1 aromatic heterocycles. The largest absolute Gasteiger partial charge is 0.494 e. The second-order valence-corrected chi connectivity index (χ2v) is 12.9. The van der Waals surface area contributed by atoms with Crippen LogP contribution < -0.4 is 9.64 Å². The first-order valence-electron chi connectivity index (χ1n) is 13.3. The first kappa shape index (κ1) is 27.1. The molecule has 9 heteroatoms. The Morgan fingerprint density at radius 1 is 0.951 bits per heavy atom. The van der Waals surface area contributed by atoms with Crippen LogP contribution >= 0.6 is 11.3 Å². The number of aryl methyl sites for hydroxylation is 1. The summed E-state index contributed by atoms with van der Waals surface area (Å²) in [6.07, 6.45) is 0.673. The number of fused-ring (bicyclic) bond motifs is 2. The lowest BCUT2D eigenvalue weighted by Crippen LogP contribution is -2.36. The molecule has 6 rings (SSSR count). The predicted octanol–water partition coefficient (Wildman–Crippen LogP) is 6.21. The number of anilines is 1. The molecule has 41 heavy (non-hydrogen) atoms. The summed E-state index contributed by atoms with van der Waals surface area (Å²) in [7, 11) is -2.11. The van der Waals surface area contributed by atoms with Crippen LogP contribution in [0.3, 0.4) is 0 Å². The Hall–Kier alpha value is -4.05. The highest BCUT2D eigenvalue weighted by molar-refractivity contribution is 7.89. The number of benzene rings is 4. The van der Waals surface area contributed by atoms with E-state index in [0.29, 0.717) is 48.0 Å². The lowest BCUT2D eigenvalue weighted by Gasteiger charge is -2.28. The smallest absolute Gasteiger partial charge is 0.260 e. The molecule has 0 aliphatic carbocycles. The van der Waals surface area contributed by atoms with Gasteiger partial charge in [0.15, 0.2) is 5.13 Å². The third-order valence-corrected chi connectivity index (χ3v) is 10.5. The van der Waals surface area contributed by atoms with Crippen molar-refractivity contribution in [3.63, 3.8) is 0 Å². The van der Waals surface area contributed by atoms with Crippen molar-refractivity contribution in [1.82, 2.24) is 9.29 Å². The van der Waals surface area contributed by atoms with E-state index in [9.17, 15) is 13.2 Å². The molecule has 5 aromatic rings. The van der Waals surface area contributed by atoms with Gasteiger partial charge in [0, 0.05) is 18.7 Å². The monoisotopic (exact) mass is 583 g/mol. The second kappa shape index (κ2) is 11.1. The van der Waals surface area contributed by atoms with Crippen molar-refractivity contribution in [1.29, 1.82) is 0 Å². The van der Waals surface area contributed by atoms with Crippen LogP contribution in [0.1, 0.15) is 32.6 Å². The Morgan fingerprint density at radius 3 is 2.39 bits per heavy atom. The van der Waals surface area contributed by atoms with Crippen LogP contribution in [0.15, 0.2) is 95.9 Å². The summed E-state index contributed by atoms with van der Waals surface area (Å²) in [6.45, 7) is 3.08. The summed E-state index contributed by atoms with van der Waals surface area (Å²) < 4.78 is 34.9. The molecule has 208 valence electrons. The van der Waals surface area contributed by atoms with E-state index in [4.69, 9.17) is 9.72 Å². The molecule has 1 amide bonds. The zero-order valence-electron chi connectivity index (χ0n) is 22.8. The van der Waals surface area contributed by atoms with Gasteiger partial charge in [-0.3, -0.25) is 9.69 Å². The molecular formula is C32H29N3O4S2. The zero-order chi connectivity index (χ0) is 28.6. The minimum Gasteiger partial charge on any atom is -0.494 e. The van der Waals surface area contributed by atoms with Crippen molar-refractivity contribution < 1.29 is 17.9 Å². The molecule has 2 heterocycles. The highest BCUT2D eigenvalue weighted by Crippen LogP contribution is 2.37. The van der Waals surface area contributed by atoms with Crippen LogP contribution in [-0.2, 0) is 29.5 Å². The summed E-state index contributed by atoms with van der Waals surface area (Å²) >= 11 is 1.44. The van der Waals surface area contributed by atoms with Gasteiger partial charge in [0.2, 0.25) is 10.0 Å². The number of carbonyl (C=O) groups excluding carboxylic acids is 1. The van der Waals surface area contributed by atoms with Crippen LogP contribution in [0, 0.1) is 6.92 Å². The molecule has 0 radical (unpaired) electrons. The van der Waals surface area contributed by atoms with E-state index in [-0.39, 0.29) is 10.8 Å². The number of amides is 1. The maximum absolute atomic E-state index is 14.0. The standard InChI is InChI=1S/C32H29N3O4S2/c1-22-12-17-28(39-2)29-30(22)40-32(33-29)35(20-23-8-4-3-5-9-23)31(36)25-13-15-27(16-14-25)41(37,38)34-19-18-24-10-6-7-11-26(24)21-34/h3-17H,18-21H2,1-2H3. The Morgan fingerprint density at radius 2 is 1.66 bits per heavy atom. The number of nitrogens with zero attached hydrogens (tertiary/aromatic N) is 3. The quantitative estimate of drug-likeness (QED) is 0.228. The van der Waals surface area contributed by atoms with Crippen LogP contribution in [0.25, 0.3) is 10.2 Å². The minimum absolute atomic E-state index is 0.170. The van der Waals surface area contributed by atoms with Crippen LogP contribution in [0.5, 0.6) is 5.75 Å². The van der Waals surface area contributed by atoms with Gasteiger partial charge in [0.1, 0.15) is 11.3 Å². The fraction of sp³-hybridized carbons (Fsp3) is 0.188. The highest BCUT2D eigenvalue weighted by atomic mass is 32.2. The second-order valence-electron chi connectivity index (χ2n) is 10.0. The van der Waals surface area contributed by atoms with Crippen molar-refractivity contribution >= 4 is 42.6 Å². The first-order chi connectivity index (χ1) is 19.8. The number of thiazole rings is 1. The number of hydrogen-bond acceptors (Lipinski definition) is 6. The number of sulfonamides is 1. The molecule has 0 bridgehead atoms. The number of aromatic nitrogens is 1. The fourth-order valence-electron chi connectivity index (χ4n) is 5.12. The molecule has 0 fully saturated rings. The molecule has 0 atom stereocenters. The Balaban J connectivity index is 1.32. The topological polar surface area (TPSA) is 79.8 Å². The molecule has 0 N–H and O–H groups in total. The van der Waals surface area contributed by atoms with E-state index in [2.05, 4.69) is 0 Å². The Labute approximate surface area is 243 Å². The van der Waals surface area contributed by atoms with E-state index in [1.165, 1.54) is 33.3 Å². The highest BCUT2D eigenvalue weighted by Gasteiger charge is 2.29. The van der Waals surface area contributed by atoms with Crippen molar-refractivity contribution in [2.45, 2.75) is 31.3 Å². The lowest BCUT2D eigenvalue weighted by atomic mass is 10.0. The molecule has 0 spiro atoms. The molecule has 1 aliphatic heterocycles. The van der Waals surface area contributed by atoms with Crippen molar-refractivity contribution in [2.75, 3.05) is 18.6 Å². The number of carbonyl (C=O) groups is 1. The van der Waals surface area contributed by atoms with Gasteiger partial charge in [-0.1, -0.05) is 72.0 Å². The molecule has 1 aliphatic rings. The van der Waals surface area contributed by atoms with Gasteiger partial charge >= 0.3 is 0 Å². The summed E-state index contributed by atoms with van der Waals surface area (Å²) in [5.41, 5.74) is 5.30. The van der Waals surface area contributed by atoms with Gasteiger partial charge in [0.05, 0.1) is 23.2 Å². The third-order valence-electron chi connectivity index (χ3n) is 7.41. The van der Waals surface area contributed by atoms with Crippen molar-refractivity contribution in [2.24, 2.45) is 0 Å². The van der Waals surface area contributed by atoms with E-state index in [1.54, 1.807) is 24.1 Å². The molecule has 0 saturated heterocycles. The van der Waals surface area contributed by atoms with Crippen LogP contribution in [-0.4, -0.2) is 37.3 Å². The SMILES string of the molecule is COc1ccc(C)c2sc(N(Cc3ccccc3)C(=O)c3ccc(S(=O)(=O)N4CCc5ccccc5C4)cc3)nc12. The summed E-state index contributed by atoms with van der Waals surface area (Å²) in [5.74, 6) is 0.385. The Bertz CT molecular complexity index is 1830. The zero-order valence-corrected chi connectivity index (χ0v) is 24.4. The molecule has 7 nitrogen and oxygen atoms in total. The maximum atomic E-state index is 14.0. The normalized spacial score (nSPS) is 13.6. The molecule has 4 aromatic carbocycles. The maximum Gasteiger partial charge on any atom is 0.260 e. The van der Waals surface area contributed by atoms with Crippen molar-refractivity contribution in [3.05, 3.63) is 119 Å². The molecule has 0 unspecified atom stereocenters. The predicted molar refractivity (Wildman–Crippen MR) is 162 cm³/mol. The van der Waals surface area contributed by atoms with E-state index in [0.717, 1.165) is 21.4 Å². The minimum atomic E-state index is -3.71. The van der Waals surface area contributed by atoms with Gasteiger partial charge < -0.3 is 4.74 Å². The number of rotatable bonds is 7. The van der Waals surface area contributed by atoms with Gasteiger partial charge in [-0.15, -0.1) is 0 Å². The average molecular weight is 584 g/mol. The van der Waals surface area contributed by atoms with Crippen LogP contribution in [0.2, 0.25) is 0 Å². The van der Waals surface area contributed by atoms with Crippen molar-refractivity contribution in [3.8, 4) is 5.75 Å². The van der Waals surface area contributed by atoms with Crippen LogP contribution in [0.4, 0.5) is 5.13 Å². The summed E-state index contributed by atoms with van der Waals surface area (Å²) in [5, 5.41) is 0.546. The fourth-order valence-corrected chi connectivity index (χ4v) is 7.59. The number of methoxy groups -OCH3 is 1. The van der Waals surface area contributed by atoms with Gasteiger partial charge in [-0.25, -0.2) is 13.4 Å².